The van der Waals surface area contributed by atoms with Gasteiger partial charge in [0, 0.05) is 19.3 Å². The smallest absolute Gasteiger partial charge is 0.0343 e. The van der Waals surface area contributed by atoms with Crippen LogP contribution in [0.1, 0.15) is 5.56 Å². The van der Waals surface area contributed by atoms with Gasteiger partial charge in [-0.05, 0) is 24.7 Å². The van der Waals surface area contributed by atoms with Crippen molar-refractivity contribution in [2.75, 3.05) is 26.0 Å². The van der Waals surface area contributed by atoms with Crippen LogP contribution in [0.15, 0.2) is 30.3 Å². The maximum absolute atomic E-state index is 3.11. The van der Waals surface area contributed by atoms with Crippen molar-refractivity contribution in [2.24, 2.45) is 0 Å². The molecule has 0 unspecified atom stereocenters. The van der Waals surface area contributed by atoms with Crippen molar-refractivity contribution in [2.45, 2.75) is 0 Å². The Balaban J connectivity index is 2.66. The molecule has 0 spiro atoms. The molecule has 0 aromatic heterocycles. The molecule has 0 aliphatic carbocycles. The number of hydrogen-bond donors (Lipinski definition) is 2. The lowest BCUT2D eigenvalue weighted by molar-refractivity contribution is 0.922. The molecule has 0 bridgehead atoms. The molecule has 70 valence electrons. The molecular formula is C11H16N2. The number of likely N-dealkylation sites (N-methyl/N-ethyl adjacent to an activating group) is 1. The third kappa shape index (κ3) is 3.30. The molecule has 0 amide bonds. The Labute approximate surface area is 79.7 Å². The van der Waals surface area contributed by atoms with E-state index in [1.54, 1.807) is 0 Å². The fraction of sp³-hybridized carbons (Fsp3) is 0.273. The second-order valence-corrected chi connectivity index (χ2v) is 2.84. The molecule has 0 aliphatic heterocycles. The highest BCUT2D eigenvalue weighted by molar-refractivity contribution is 5.57. The summed E-state index contributed by atoms with van der Waals surface area (Å²) in [5.41, 5.74) is 2.37. The lowest BCUT2D eigenvalue weighted by Crippen LogP contribution is -2.03. The summed E-state index contributed by atoms with van der Waals surface area (Å²) in [6.45, 7) is 0.907. The van der Waals surface area contributed by atoms with E-state index in [1.807, 2.05) is 20.2 Å². The van der Waals surface area contributed by atoms with Gasteiger partial charge in [0.2, 0.25) is 0 Å². The third-order valence-electron chi connectivity index (χ3n) is 1.81. The fourth-order valence-electron chi connectivity index (χ4n) is 1.11. The molecule has 0 atom stereocenters. The predicted molar refractivity (Wildman–Crippen MR) is 58.9 cm³/mol. The fourth-order valence-corrected chi connectivity index (χ4v) is 1.11. The van der Waals surface area contributed by atoms with Crippen LogP contribution in [0.2, 0.25) is 0 Å². The van der Waals surface area contributed by atoms with Gasteiger partial charge in [-0.2, -0.15) is 0 Å². The summed E-state index contributed by atoms with van der Waals surface area (Å²) in [7, 11) is 3.87. The molecule has 1 aromatic rings. The van der Waals surface area contributed by atoms with Crippen molar-refractivity contribution in [1.82, 2.24) is 5.32 Å². The van der Waals surface area contributed by atoms with Gasteiger partial charge in [0.05, 0.1) is 0 Å². The maximum Gasteiger partial charge on any atom is 0.0343 e. The molecule has 0 fully saturated rings. The standard InChI is InChI=1S/C11H16N2/c1-12-8-4-6-10-5-3-7-11(9-10)13-2/h3-7,9,12-13H,8H2,1-2H3. The van der Waals surface area contributed by atoms with Crippen LogP contribution >= 0.6 is 0 Å². The van der Waals surface area contributed by atoms with E-state index in [0.717, 1.165) is 12.2 Å². The molecule has 0 heterocycles. The zero-order chi connectivity index (χ0) is 9.52. The molecule has 2 heteroatoms. The van der Waals surface area contributed by atoms with E-state index in [-0.39, 0.29) is 0 Å². The van der Waals surface area contributed by atoms with Crippen LogP contribution in [0, 0.1) is 0 Å². The number of benzene rings is 1. The minimum atomic E-state index is 0.907. The van der Waals surface area contributed by atoms with Crippen molar-refractivity contribution < 1.29 is 0 Å². The molecule has 1 aromatic carbocycles. The van der Waals surface area contributed by atoms with E-state index in [2.05, 4.69) is 41.0 Å². The van der Waals surface area contributed by atoms with Gasteiger partial charge >= 0.3 is 0 Å². The van der Waals surface area contributed by atoms with Crippen LogP contribution in [0.4, 0.5) is 5.69 Å². The van der Waals surface area contributed by atoms with E-state index < -0.39 is 0 Å². The first-order valence-corrected chi connectivity index (χ1v) is 4.46. The maximum atomic E-state index is 3.11. The first-order valence-electron chi connectivity index (χ1n) is 4.46. The van der Waals surface area contributed by atoms with Crippen molar-refractivity contribution >= 4 is 11.8 Å². The summed E-state index contributed by atoms with van der Waals surface area (Å²) in [6, 6.07) is 8.31. The van der Waals surface area contributed by atoms with Gasteiger partial charge in [0.1, 0.15) is 0 Å². The number of nitrogens with one attached hydrogen (secondary N) is 2. The quantitative estimate of drug-likeness (QED) is 0.732. The largest absolute Gasteiger partial charge is 0.388 e. The Kier molecular flexibility index (Phi) is 4.06. The van der Waals surface area contributed by atoms with Crippen LogP contribution in [0.5, 0.6) is 0 Å². The number of rotatable bonds is 4. The average Bonchev–Trinajstić information content (AvgIpc) is 2.19. The lowest BCUT2D eigenvalue weighted by atomic mass is 10.2. The van der Waals surface area contributed by atoms with Crippen molar-refractivity contribution in [3.05, 3.63) is 35.9 Å². The van der Waals surface area contributed by atoms with Gasteiger partial charge in [0.15, 0.2) is 0 Å². The van der Waals surface area contributed by atoms with Crippen molar-refractivity contribution in [3.63, 3.8) is 0 Å². The van der Waals surface area contributed by atoms with Crippen molar-refractivity contribution in [1.29, 1.82) is 0 Å². The Morgan fingerprint density at radius 3 is 2.85 bits per heavy atom. The van der Waals surface area contributed by atoms with E-state index in [0.29, 0.717) is 0 Å². The Morgan fingerprint density at radius 1 is 1.31 bits per heavy atom. The van der Waals surface area contributed by atoms with Crippen LogP contribution in [0.3, 0.4) is 0 Å². The molecular weight excluding hydrogens is 160 g/mol. The SMILES string of the molecule is CNCC=Cc1cccc(NC)c1. The van der Waals surface area contributed by atoms with E-state index in [4.69, 9.17) is 0 Å². The van der Waals surface area contributed by atoms with Gasteiger partial charge in [-0.25, -0.2) is 0 Å². The normalized spacial score (nSPS) is 10.6. The average molecular weight is 176 g/mol. The second kappa shape index (κ2) is 5.38. The molecule has 0 radical (unpaired) electrons. The first kappa shape index (κ1) is 9.81. The summed E-state index contributed by atoms with van der Waals surface area (Å²) in [5.74, 6) is 0. The summed E-state index contributed by atoms with van der Waals surface area (Å²) in [6.07, 6.45) is 4.21. The minimum absolute atomic E-state index is 0.907. The summed E-state index contributed by atoms with van der Waals surface area (Å²) >= 11 is 0. The Hall–Kier alpha value is -1.28. The molecule has 0 saturated heterocycles. The van der Waals surface area contributed by atoms with Gasteiger partial charge in [-0.3, -0.25) is 0 Å². The summed E-state index contributed by atoms with van der Waals surface area (Å²) < 4.78 is 0. The van der Waals surface area contributed by atoms with Gasteiger partial charge < -0.3 is 10.6 Å². The van der Waals surface area contributed by atoms with Crippen LogP contribution in [0.25, 0.3) is 6.08 Å². The zero-order valence-corrected chi connectivity index (χ0v) is 8.17. The van der Waals surface area contributed by atoms with Crippen LogP contribution < -0.4 is 10.6 Å². The monoisotopic (exact) mass is 176 g/mol. The van der Waals surface area contributed by atoms with E-state index in [1.165, 1.54) is 5.56 Å². The molecule has 0 aliphatic rings. The Morgan fingerprint density at radius 2 is 2.15 bits per heavy atom. The zero-order valence-electron chi connectivity index (χ0n) is 8.17. The van der Waals surface area contributed by atoms with Crippen molar-refractivity contribution in [3.8, 4) is 0 Å². The Bertz CT molecular complexity index is 279. The lowest BCUT2D eigenvalue weighted by Gasteiger charge is -2.00. The van der Waals surface area contributed by atoms with E-state index in [9.17, 15) is 0 Å². The molecule has 0 saturated carbocycles. The topological polar surface area (TPSA) is 24.1 Å². The molecule has 13 heavy (non-hydrogen) atoms. The van der Waals surface area contributed by atoms with Crippen LogP contribution in [-0.4, -0.2) is 20.6 Å². The highest BCUT2D eigenvalue weighted by Crippen LogP contribution is 2.10. The number of hydrogen-bond acceptors (Lipinski definition) is 2. The van der Waals surface area contributed by atoms with E-state index >= 15 is 0 Å². The molecule has 2 N–H and O–H groups in total. The van der Waals surface area contributed by atoms with Crippen LogP contribution in [-0.2, 0) is 0 Å². The summed E-state index contributed by atoms with van der Waals surface area (Å²) in [4.78, 5) is 0. The third-order valence-corrected chi connectivity index (χ3v) is 1.81. The van der Waals surface area contributed by atoms with Gasteiger partial charge in [-0.1, -0.05) is 24.3 Å². The molecule has 2 nitrogen and oxygen atoms in total. The minimum Gasteiger partial charge on any atom is -0.388 e. The van der Waals surface area contributed by atoms with Gasteiger partial charge in [-0.15, -0.1) is 0 Å². The highest BCUT2D eigenvalue weighted by Gasteiger charge is 1.88. The number of anilines is 1. The summed E-state index contributed by atoms with van der Waals surface area (Å²) in [5, 5.41) is 6.17. The molecule has 1 rings (SSSR count). The highest BCUT2D eigenvalue weighted by atomic mass is 14.8. The van der Waals surface area contributed by atoms with Gasteiger partial charge in [0.25, 0.3) is 0 Å². The second-order valence-electron chi connectivity index (χ2n) is 2.84. The first-order chi connectivity index (χ1) is 6.36. The predicted octanol–water partition coefficient (Wildman–Crippen LogP) is 1.96.